The lowest BCUT2D eigenvalue weighted by Gasteiger charge is -2.38. The Hall–Kier alpha value is -4.34. The van der Waals surface area contributed by atoms with Gasteiger partial charge in [-0.05, 0) is 54.1 Å². The molecule has 1 aliphatic heterocycles. The fraction of sp³-hybridized carbons (Fsp3) is 0.143. The Morgan fingerprint density at radius 1 is 0.763 bits per heavy atom. The molecule has 186 valence electrons. The van der Waals surface area contributed by atoms with Gasteiger partial charge in [-0.2, -0.15) is 0 Å². The van der Waals surface area contributed by atoms with E-state index in [0.717, 1.165) is 61.2 Å². The number of fused-ring (bicyclic) bond motifs is 8. The Morgan fingerprint density at radius 2 is 1.39 bits per heavy atom. The van der Waals surface area contributed by atoms with Crippen LogP contribution in [-0.2, 0) is 11.2 Å². The molecule has 1 heterocycles. The summed E-state index contributed by atoms with van der Waals surface area (Å²) in [5.41, 5.74) is 6.15. The molecule has 0 spiro atoms. The molecule has 0 bridgehead atoms. The smallest absolute Gasteiger partial charge is 0.178 e. The van der Waals surface area contributed by atoms with Crippen molar-refractivity contribution in [3.63, 3.8) is 0 Å². The fourth-order valence-electron chi connectivity index (χ4n) is 6.25. The molecule has 3 nitrogen and oxygen atoms in total. The summed E-state index contributed by atoms with van der Waals surface area (Å²) >= 11 is 0. The van der Waals surface area contributed by atoms with Crippen LogP contribution in [0.5, 0.6) is 11.5 Å². The van der Waals surface area contributed by atoms with E-state index >= 15 is 0 Å². The molecule has 0 saturated heterocycles. The first-order chi connectivity index (χ1) is 18.4. The molecule has 2 atom stereocenters. The van der Waals surface area contributed by atoms with E-state index in [1.807, 2.05) is 37.3 Å². The lowest BCUT2D eigenvalue weighted by Crippen LogP contribution is -2.35. The van der Waals surface area contributed by atoms with Gasteiger partial charge in [0.15, 0.2) is 5.60 Å². The lowest BCUT2D eigenvalue weighted by molar-refractivity contribution is 0.105. The second-order valence-electron chi connectivity index (χ2n) is 10.4. The van der Waals surface area contributed by atoms with Crippen LogP contribution in [-0.4, -0.2) is 12.2 Å². The summed E-state index contributed by atoms with van der Waals surface area (Å²) in [6, 6.07) is 33.1. The van der Waals surface area contributed by atoms with Crippen LogP contribution in [0.3, 0.4) is 0 Å². The maximum Gasteiger partial charge on any atom is 0.178 e. The number of ether oxygens (including phenoxy) is 2. The van der Waals surface area contributed by atoms with Crippen LogP contribution >= 0.6 is 0 Å². The Bertz CT molecular complexity index is 1740. The van der Waals surface area contributed by atoms with Gasteiger partial charge < -0.3 is 14.6 Å². The van der Waals surface area contributed by atoms with E-state index in [-0.39, 0.29) is 0 Å². The molecule has 3 heteroatoms. The number of aliphatic hydroxyl groups is 1. The first-order valence-electron chi connectivity index (χ1n) is 13.0. The number of hydrogen-bond donors (Lipinski definition) is 1. The van der Waals surface area contributed by atoms with Crippen molar-refractivity contribution >= 4 is 16.8 Å². The van der Waals surface area contributed by atoms with Gasteiger partial charge in [-0.3, -0.25) is 0 Å². The summed E-state index contributed by atoms with van der Waals surface area (Å²) in [7, 11) is 1.68. The highest BCUT2D eigenvalue weighted by atomic mass is 16.5. The lowest BCUT2D eigenvalue weighted by atomic mass is 9.80. The van der Waals surface area contributed by atoms with E-state index in [1.54, 1.807) is 7.11 Å². The highest BCUT2D eigenvalue weighted by Crippen LogP contribution is 2.57. The average Bonchev–Trinajstić information content (AvgIpc) is 3.20. The Morgan fingerprint density at radius 3 is 2.11 bits per heavy atom. The summed E-state index contributed by atoms with van der Waals surface area (Å²) in [5.74, 6) is 1.58. The molecule has 38 heavy (non-hydrogen) atoms. The van der Waals surface area contributed by atoms with Crippen molar-refractivity contribution in [3.05, 3.63) is 137 Å². The van der Waals surface area contributed by atoms with E-state index in [1.165, 1.54) is 5.56 Å². The molecule has 5 aromatic rings. The average molecular weight is 497 g/mol. The van der Waals surface area contributed by atoms with Crippen LogP contribution in [0, 0.1) is 6.92 Å². The zero-order valence-corrected chi connectivity index (χ0v) is 21.7. The second-order valence-corrected chi connectivity index (χ2v) is 10.4. The monoisotopic (exact) mass is 496 g/mol. The SMILES string of the molecule is COc1ccc(C2(c3ccc(C)cc3)C=Cc3c4c(c5ccccc5c3O2)-c2ccccc2C4(C)O)cc1. The highest BCUT2D eigenvalue weighted by molar-refractivity contribution is 6.08. The number of hydrogen-bond acceptors (Lipinski definition) is 3. The molecule has 0 aromatic heterocycles. The molecule has 0 fully saturated rings. The Balaban J connectivity index is 1.54. The molecular formula is C35H28O3. The van der Waals surface area contributed by atoms with Crippen LogP contribution in [0.25, 0.3) is 28.0 Å². The summed E-state index contributed by atoms with van der Waals surface area (Å²) in [6.07, 6.45) is 4.28. The molecule has 5 aromatic carbocycles. The van der Waals surface area contributed by atoms with Gasteiger partial charge in [-0.1, -0.05) is 96.6 Å². The first kappa shape index (κ1) is 22.8. The normalized spacial score (nSPS) is 20.9. The number of rotatable bonds is 3. The van der Waals surface area contributed by atoms with Crippen molar-refractivity contribution in [2.45, 2.75) is 25.0 Å². The topological polar surface area (TPSA) is 38.7 Å². The van der Waals surface area contributed by atoms with Crippen molar-refractivity contribution in [3.8, 4) is 22.6 Å². The van der Waals surface area contributed by atoms with Crippen LogP contribution in [0.1, 0.15) is 40.3 Å². The minimum absolute atomic E-state index is 0.784. The van der Waals surface area contributed by atoms with Gasteiger partial charge in [0.2, 0.25) is 0 Å². The van der Waals surface area contributed by atoms with Crippen molar-refractivity contribution in [1.29, 1.82) is 0 Å². The predicted molar refractivity (Wildman–Crippen MR) is 153 cm³/mol. The van der Waals surface area contributed by atoms with E-state index in [2.05, 4.69) is 85.8 Å². The maximum absolute atomic E-state index is 12.0. The summed E-state index contributed by atoms with van der Waals surface area (Å²) in [5, 5.41) is 14.1. The third kappa shape index (κ3) is 3.06. The highest BCUT2D eigenvalue weighted by Gasteiger charge is 2.45. The fourth-order valence-corrected chi connectivity index (χ4v) is 6.25. The number of aryl methyl sites for hydroxylation is 1. The van der Waals surface area contributed by atoms with Crippen molar-refractivity contribution in [2.75, 3.05) is 7.11 Å². The van der Waals surface area contributed by atoms with E-state index in [4.69, 9.17) is 9.47 Å². The standard InChI is InChI=1S/C35H28O3/c1-22-12-14-23(15-13-22)35(24-16-18-25(37-3)19-17-24)21-20-29-32-31(26-8-4-5-9-27(26)33(29)38-35)28-10-6-7-11-30(28)34(32,2)36/h4-21,36H,1-3H3. The van der Waals surface area contributed by atoms with Gasteiger partial charge in [0.05, 0.1) is 7.11 Å². The number of benzene rings is 5. The molecule has 0 saturated carbocycles. The van der Waals surface area contributed by atoms with Crippen LogP contribution in [0.2, 0.25) is 0 Å². The van der Waals surface area contributed by atoms with Crippen LogP contribution < -0.4 is 9.47 Å². The largest absolute Gasteiger partial charge is 0.497 e. The molecule has 7 rings (SSSR count). The van der Waals surface area contributed by atoms with Crippen LogP contribution in [0.4, 0.5) is 0 Å². The molecule has 1 aliphatic carbocycles. The molecular weight excluding hydrogens is 468 g/mol. The van der Waals surface area contributed by atoms with Gasteiger partial charge in [0.1, 0.15) is 17.1 Å². The molecule has 0 radical (unpaired) electrons. The Labute approximate surface area is 222 Å². The first-order valence-corrected chi connectivity index (χ1v) is 13.0. The van der Waals surface area contributed by atoms with Gasteiger partial charge in [0.25, 0.3) is 0 Å². The predicted octanol–water partition coefficient (Wildman–Crippen LogP) is 7.74. The van der Waals surface area contributed by atoms with Crippen molar-refractivity contribution in [2.24, 2.45) is 0 Å². The molecule has 0 amide bonds. The molecule has 2 aliphatic rings. The third-order valence-corrected chi connectivity index (χ3v) is 8.16. The number of methoxy groups -OCH3 is 1. The maximum atomic E-state index is 12.0. The van der Waals surface area contributed by atoms with Gasteiger partial charge in [0, 0.05) is 27.6 Å². The summed E-state index contributed by atoms with van der Waals surface area (Å²) < 4.78 is 12.6. The summed E-state index contributed by atoms with van der Waals surface area (Å²) in [4.78, 5) is 0. The van der Waals surface area contributed by atoms with Crippen molar-refractivity contribution < 1.29 is 14.6 Å². The quantitative estimate of drug-likeness (QED) is 0.278. The van der Waals surface area contributed by atoms with Crippen LogP contribution in [0.15, 0.2) is 103 Å². The zero-order chi connectivity index (χ0) is 26.1. The van der Waals surface area contributed by atoms with E-state index in [9.17, 15) is 5.11 Å². The second kappa shape index (κ2) is 8.08. The molecule has 1 N–H and O–H groups in total. The minimum Gasteiger partial charge on any atom is -0.497 e. The molecule has 2 unspecified atom stereocenters. The van der Waals surface area contributed by atoms with E-state index in [0.29, 0.717) is 0 Å². The zero-order valence-electron chi connectivity index (χ0n) is 21.7. The van der Waals surface area contributed by atoms with Gasteiger partial charge in [-0.15, -0.1) is 0 Å². The summed E-state index contributed by atoms with van der Waals surface area (Å²) in [6.45, 7) is 3.99. The minimum atomic E-state index is -1.14. The van der Waals surface area contributed by atoms with Crippen molar-refractivity contribution in [1.82, 2.24) is 0 Å². The van der Waals surface area contributed by atoms with Gasteiger partial charge in [-0.25, -0.2) is 0 Å². The Kier molecular flexibility index (Phi) is 4.85. The van der Waals surface area contributed by atoms with Gasteiger partial charge >= 0.3 is 0 Å². The third-order valence-electron chi connectivity index (χ3n) is 8.16. The van der Waals surface area contributed by atoms with E-state index < -0.39 is 11.2 Å².